The second-order valence-electron chi connectivity index (χ2n) is 5.05. The minimum atomic E-state index is 0.116. The third kappa shape index (κ3) is 4.32. The lowest BCUT2D eigenvalue weighted by Crippen LogP contribution is -2.18. The minimum absolute atomic E-state index is 0.116. The van der Waals surface area contributed by atoms with E-state index in [1.54, 1.807) is 6.20 Å². The highest BCUT2D eigenvalue weighted by Crippen LogP contribution is 2.22. The van der Waals surface area contributed by atoms with E-state index >= 15 is 0 Å². The van der Waals surface area contributed by atoms with Crippen LogP contribution in [-0.2, 0) is 13.0 Å². The van der Waals surface area contributed by atoms with Gasteiger partial charge in [0.25, 0.3) is 0 Å². The average Bonchev–Trinajstić information content (AvgIpc) is 2.39. The van der Waals surface area contributed by atoms with Gasteiger partial charge in [-0.15, -0.1) is 0 Å². The molecule has 0 saturated heterocycles. The Bertz CT molecular complexity index is 567. The molecule has 3 nitrogen and oxygen atoms in total. The maximum absolute atomic E-state index is 5.89. The van der Waals surface area contributed by atoms with Gasteiger partial charge in [0.05, 0.1) is 5.69 Å². The molecule has 0 spiro atoms. The lowest BCUT2D eigenvalue weighted by Gasteiger charge is -2.14. The first-order valence-corrected chi connectivity index (χ1v) is 7.42. The molecule has 1 aromatic carbocycles. The molecule has 1 aromatic heterocycles. The molecule has 1 heterocycles. The van der Waals surface area contributed by atoms with Gasteiger partial charge in [0.15, 0.2) is 0 Å². The van der Waals surface area contributed by atoms with E-state index in [2.05, 4.69) is 40.0 Å². The first-order chi connectivity index (χ1) is 9.54. The van der Waals surface area contributed by atoms with Gasteiger partial charge in [-0.2, -0.15) is 0 Å². The van der Waals surface area contributed by atoms with Gasteiger partial charge >= 0.3 is 0 Å². The summed E-state index contributed by atoms with van der Waals surface area (Å²) >= 11 is 3.37. The molecule has 2 N–H and O–H groups in total. The molecule has 0 aliphatic rings. The molecule has 0 aliphatic heterocycles. The number of nitrogens with two attached hydrogens (primary N) is 1. The largest absolute Gasteiger partial charge is 0.487 e. The van der Waals surface area contributed by atoms with E-state index in [9.17, 15) is 0 Å². The smallest absolute Gasteiger partial charge is 0.130 e. The normalized spacial score (nSPS) is 12.2. The first kappa shape index (κ1) is 15.0. The van der Waals surface area contributed by atoms with Crippen LogP contribution in [0.4, 0.5) is 0 Å². The van der Waals surface area contributed by atoms with Crippen molar-refractivity contribution < 1.29 is 4.74 Å². The summed E-state index contributed by atoms with van der Waals surface area (Å²) in [6, 6.07) is 10.2. The van der Waals surface area contributed by atoms with Crippen molar-refractivity contribution in [1.82, 2.24) is 4.98 Å². The summed E-state index contributed by atoms with van der Waals surface area (Å²) < 4.78 is 6.85. The molecule has 0 saturated carbocycles. The van der Waals surface area contributed by atoms with Crippen LogP contribution in [0, 0.1) is 6.92 Å². The number of benzene rings is 1. The summed E-state index contributed by atoms with van der Waals surface area (Å²) in [5.41, 5.74) is 9.16. The Kier molecular flexibility index (Phi) is 5.15. The number of nitrogens with zero attached hydrogens (tertiary/aromatic N) is 1. The minimum Gasteiger partial charge on any atom is -0.487 e. The molecule has 4 heteroatoms. The average molecular weight is 335 g/mol. The fraction of sp³-hybridized carbons (Fsp3) is 0.312. The fourth-order valence-electron chi connectivity index (χ4n) is 2.00. The van der Waals surface area contributed by atoms with E-state index in [1.807, 2.05) is 25.1 Å². The Morgan fingerprint density at radius 1 is 1.30 bits per heavy atom. The van der Waals surface area contributed by atoms with Gasteiger partial charge in [-0.3, -0.25) is 4.98 Å². The molecule has 0 fully saturated rings. The number of aryl methyl sites for hydroxylation is 1. The lowest BCUT2D eigenvalue weighted by molar-refractivity contribution is 0.297. The number of aromatic nitrogens is 1. The highest BCUT2D eigenvalue weighted by atomic mass is 79.9. The van der Waals surface area contributed by atoms with Crippen molar-refractivity contribution in [2.75, 3.05) is 0 Å². The number of halogens is 1. The van der Waals surface area contributed by atoms with Crippen molar-refractivity contribution in [3.05, 3.63) is 57.8 Å². The van der Waals surface area contributed by atoms with Crippen LogP contribution in [0.3, 0.4) is 0 Å². The van der Waals surface area contributed by atoms with Crippen LogP contribution < -0.4 is 10.5 Å². The van der Waals surface area contributed by atoms with Crippen LogP contribution in [0.1, 0.15) is 23.7 Å². The van der Waals surface area contributed by atoms with Crippen LogP contribution in [0.2, 0.25) is 0 Å². The Labute approximate surface area is 128 Å². The number of hydrogen-bond donors (Lipinski definition) is 1. The van der Waals surface area contributed by atoms with Crippen LogP contribution >= 0.6 is 15.9 Å². The summed E-state index contributed by atoms with van der Waals surface area (Å²) in [6.07, 6.45) is 2.58. The zero-order valence-corrected chi connectivity index (χ0v) is 13.4. The van der Waals surface area contributed by atoms with Gasteiger partial charge in [-0.1, -0.05) is 17.7 Å². The molecule has 1 unspecified atom stereocenters. The predicted molar refractivity (Wildman–Crippen MR) is 84.8 cm³/mol. The van der Waals surface area contributed by atoms with Gasteiger partial charge in [0.2, 0.25) is 0 Å². The molecule has 0 radical (unpaired) electrons. The summed E-state index contributed by atoms with van der Waals surface area (Å²) in [6.45, 7) is 4.54. The van der Waals surface area contributed by atoms with Crippen molar-refractivity contribution in [2.24, 2.45) is 5.73 Å². The Morgan fingerprint density at radius 2 is 2.10 bits per heavy atom. The van der Waals surface area contributed by atoms with Gasteiger partial charge < -0.3 is 10.5 Å². The van der Waals surface area contributed by atoms with Gasteiger partial charge in [-0.05, 0) is 60.0 Å². The van der Waals surface area contributed by atoms with Gasteiger partial charge in [0, 0.05) is 16.7 Å². The molecule has 106 valence electrons. The topological polar surface area (TPSA) is 48.1 Å². The predicted octanol–water partition coefficient (Wildman–Crippen LogP) is 3.62. The molecule has 2 rings (SSSR count). The number of pyridine rings is 1. The van der Waals surface area contributed by atoms with E-state index in [1.165, 1.54) is 5.56 Å². The fourth-order valence-corrected chi connectivity index (χ4v) is 2.23. The van der Waals surface area contributed by atoms with Crippen molar-refractivity contribution in [1.29, 1.82) is 0 Å². The Morgan fingerprint density at radius 3 is 2.75 bits per heavy atom. The van der Waals surface area contributed by atoms with E-state index in [4.69, 9.17) is 10.5 Å². The molecule has 20 heavy (non-hydrogen) atoms. The standard InChI is InChI=1S/C16H19BrN2O/c1-11-3-6-16(13(7-11)8-12(2)18)20-10-15-5-4-14(17)9-19-15/h3-7,9,12H,8,10,18H2,1-2H3. The SMILES string of the molecule is Cc1ccc(OCc2ccc(Br)cn2)c(CC(C)N)c1. The van der Waals surface area contributed by atoms with Crippen LogP contribution in [0.25, 0.3) is 0 Å². The zero-order valence-electron chi connectivity index (χ0n) is 11.8. The van der Waals surface area contributed by atoms with E-state index in [0.717, 1.165) is 27.9 Å². The molecule has 0 aliphatic carbocycles. The number of ether oxygens (including phenoxy) is 1. The van der Waals surface area contributed by atoms with Crippen LogP contribution in [0.5, 0.6) is 5.75 Å². The Balaban J connectivity index is 2.10. The lowest BCUT2D eigenvalue weighted by atomic mass is 10.0. The second kappa shape index (κ2) is 6.86. The summed E-state index contributed by atoms with van der Waals surface area (Å²) in [5, 5.41) is 0. The molecule has 0 bridgehead atoms. The zero-order chi connectivity index (χ0) is 14.5. The maximum Gasteiger partial charge on any atom is 0.130 e. The molecule has 1 atom stereocenters. The van der Waals surface area contributed by atoms with Crippen LogP contribution in [0.15, 0.2) is 41.0 Å². The van der Waals surface area contributed by atoms with E-state index < -0.39 is 0 Å². The molecule has 2 aromatic rings. The van der Waals surface area contributed by atoms with E-state index in [0.29, 0.717) is 6.61 Å². The number of hydrogen-bond acceptors (Lipinski definition) is 3. The first-order valence-electron chi connectivity index (χ1n) is 6.63. The van der Waals surface area contributed by atoms with E-state index in [-0.39, 0.29) is 6.04 Å². The highest BCUT2D eigenvalue weighted by molar-refractivity contribution is 9.10. The van der Waals surface area contributed by atoms with Crippen molar-refractivity contribution in [3.63, 3.8) is 0 Å². The maximum atomic E-state index is 5.89. The van der Waals surface area contributed by atoms with Gasteiger partial charge in [0.1, 0.15) is 12.4 Å². The highest BCUT2D eigenvalue weighted by Gasteiger charge is 2.07. The summed E-state index contributed by atoms with van der Waals surface area (Å²) in [5.74, 6) is 0.887. The molecular formula is C16H19BrN2O. The van der Waals surface area contributed by atoms with Crippen molar-refractivity contribution in [3.8, 4) is 5.75 Å². The van der Waals surface area contributed by atoms with Crippen molar-refractivity contribution in [2.45, 2.75) is 32.9 Å². The third-order valence-corrected chi connectivity index (χ3v) is 3.39. The summed E-state index contributed by atoms with van der Waals surface area (Å²) in [7, 11) is 0. The molecule has 0 amide bonds. The quantitative estimate of drug-likeness (QED) is 0.908. The second-order valence-corrected chi connectivity index (χ2v) is 5.96. The van der Waals surface area contributed by atoms with Crippen molar-refractivity contribution >= 4 is 15.9 Å². The molecular weight excluding hydrogens is 316 g/mol. The van der Waals surface area contributed by atoms with Gasteiger partial charge in [-0.25, -0.2) is 0 Å². The Hall–Kier alpha value is -1.39. The number of rotatable bonds is 5. The monoisotopic (exact) mass is 334 g/mol. The summed E-state index contributed by atoms with van der Waals surface area (Å²) in [4.78, 5) is 4.30. The van der Waals surface area contributed by atoms with Crippen LogP contribution in [-0.4, -0.2) is 11.0 Å². The third-order valence-electron chi connectivity index (χ3n) is 2.92.